The van der Waals surface area contributed by atoms with Crippen molar-refractivity contribution in [2.24, 2.45) is 0 Å². The van der Waals surface area contributed by atoms with Gasteiger partial charge in [-0.2, -0.15) is 0 Å². The molecule has 5 heteroatoms. The maximum atomic E-state index is 11.2. The van der Waals surface area contributed by atoms with Crippen LogP contribution >= 0.6 is 22.6 Å². The topological polar surface area (TPSA) is 49.8 Å². The molecule has 1 saturated heterocycles. The highest BCUT2D eigenvalue weighted by Gasteiger charge is 2.27. The zero-order chi connectivity index (χ0) is 14.4. The van der Waals surface area contributed by atoms with E-state index in [0.717, 1.165) is 48.1 Å². The van der Waals surface area contributed by atoms with Crippen LogP contribution in [-0.4, -0.2) is 41.7 Å². The second-order valence-corrected chi connectivity index (χ2v) is 6.29. The molecule has 20 heavy (non-hydrogen) atoms. The predicted octanol–water partition coefficient (Wildman–Crippen LogP) is 3.00. The molecule has 1 aliphatic rings. The highest BCUT2D eigenvalue weighted by atomic mass is 127. The number of aliphatic carboxylic acids is 1. The van der Waals surface area contributed by atoms with Crippen LogP contribution in [0.2, 0.25) is 0 Å². The third-order valence-corrected chi connectivity index (χ3v) is 4.22. The molecule has 0 bridgehead atoms. The number of carbonyl (C=O) groups is 1. The molecule has 0 radical (unpaired) electrons. The van der Waals surface area contributed by atoms with Crippen LogP contribution in [0.3, 0.4) is 0 Å². The Morgan fingerprint density at radius 2 is 2.30 bits per heavy atom. The van der Waals surface area contributed by atoms with Crippen molar-refractivity contribution in [3.63, 3.8) is 0 Å². The van der Waals surface area contributed by atoms with Gasteiger partial charge < -0.3 is 9.84 Å². The standard InChI is InChI=1S/C15H20INO3/c16-12-5-3-6-13(11-12)20-10-4-9-17-8-2-1-7-14(17)15(18)19/h3,5-6,11,14H,1-2,4,7-10H2,(H,18,19). The van der Waals surface area contributed by atoms with Crippen LogP contribution < -0.4 is 4.74 Å². The minimum atomic E-state index is -0.691. The van der Waals surface area contributed by atoms with E-state index in [0.29, 0.717) is 6.61 Å². The van der Waals surface area contributed by atoms with Gasteiger partial charge in [0.05, 0.1) is 6.61 Å². The number of hydrogen-bond donors (Lipinski definition) is 1. The van der Waals surface area contributed by atoms with E-state index in [1.165, 1.54) is 0 Å². The van der Waals surface area contributed by atoms with E-state index in [9.17, 15) is 9.90 Å². The number of halogens is 1. The lowest BCUT2D eigenvalue weighted by Crippen LogP contribution is -2.45. The molecule has 1 aromatic carbocycles. The lowest BCUT2D eigenvalue weighted by molar-refractivity contribution is -0.144. The Balaban J connectivity index is 1.73. The third kappa shape index (κ3) is 4.63. The first-order valence-electron chi connectivity index (χ1n) is 7.02. The number of carboxylic acid groups (broad SMARTS) is 1. The Morgan fingerprint density at radius 3 is 3.05 bits per heavy atom. The summed E-state index contributed by atoms with van der Waals surface area (Å²) < 4.78 is 6.85. The lowest BCUT2D eigenvalue weighted by Gasteiger charge is -2.32. The fraction of sp³-hybridized carbons (Fsp3) is 0.533. The van der Waals surface area contributed by atoms with Gasteiger partial charge in [-0.3, -0.25) is 9.69 Å². The van der Waals surface area contributed by atoms with Gasteiger partial charge in [0.15, 0.2) is 0 Å². The lowest BCUT2D eigenvalue weighted by atomic mass is 10.0. The molecule has 0 amide bonds. The molecule has 110 valence electrons. The Labute approximate surface area is 133 Å². The van der Waals surface area contributed by atoms with Crippen molar-refractivity contribution in [2.75, 3.05) is 19.7 Å². The Bertz CT molecular complexity index is 452. The molecule has 1 aliphatic heterocycles. The number of hydrogen-bond acceptors (Lipinski definition) is 3. The molecule has 0 aliphatic carbocycles. The van der Waals surface area contributed by atoms with Gasteiger partial charge in [-0.25, -0.2) is 0 Å². The maximum absolute atomic E-state index is 11.2. The van der Waals surface area contributed by atoms with Crippen molar-refractivity contribution in [1.29, 1.82) is 0 Å². The van der Waals surface area contributed by atoms with Crippen molar-refractivity contribution < 1.29 is 14.6 Å². The first-order chi connectivity index (χ1) is 9.66. The van der Waals surface area contributed by atoms with Gasteiger partial charge in [0, 0.05) is 10.1 Å². The van der Waals surface area contributed by atoms with Crippen LogP contribution in [0.15, 0.2) is 24.3 Å². The Hall–Kier alpha value is -0.820. The maximum Gasteiger partial charge on any atom is 0.320 e. The summed E-state index contributed by atoms with van der Waals surface area (Å²) in [6.45, 7) is 2.31. The zero-order valence-electron chi connectivity index (χ0n) is 11.4. The van der Waals surface area contributed by atoms with Crippen molar-refractivity contribution in [3.05, 3.63) is 27.8 Å². The van der Waals surface area contributed by atoms with Crippen LogP contribution in [0.1, 0.15) is 25.7 Å². The highest BCUT2D eigenvalue weighted by molar-refractivity contribution is 14.1. The second kappa shape index (κ2) is 7.83. The second-order valence-electron chi connectivity index (χ2n) is 5.05. The summed E-state index contributed by atoms with van der Waals surface area (Å²) in [6, 6.07) is 7.65. The summed E-state index contributed by atoms with van der Waals surface area (Å²) in [5, 5.41) is 9.20. The number of ether oxygens (including phenoxy) is 1. The molecule has 2 rings (SSSR count). The molecular formula is C15H20INO3. The van der Waals surface area contributed by atoms with E-state index < -0.39 is 5.97 Å². The van der Waals surface area contributed by atoms with Crippen LogP contribution in [0.5, 0.6) is 5.75 Å². The summed E-state index contributed by atoms with van der Waals surface area (Å²) in [6.07, 6.45) is 3.75. The van der Waals surface area contributed by atoms with Gasteiger partial charge in [0.1, 0.15) is 11.8 Å². The van der Waals surface area contributed by atoms with Crippen molar-refractivity contribution >= 4 is 28.6 Å². The number of piperidine rings is 1. The largest absolute Gasteiger partial charge is 0.494 e. The normalized spacial score (nSPS) is 19.8. The van der Waals surface area contributed by atoms with Gasteiger partial charge in [0.25, 0.3) is 0 Å². The average molecular weight is 389 g/mol. The Kier molecular flexibility index (Phi) is 6.09. The summed E-state index contributed by atoms with van der Waals surface area (Å²) in [7, 11) is 0. The smallest absolute Gasteiger partial charge is 0.320 e. The van der Waals surface area contributed by atoms with Crippen LogP contribution in [0, 0.1) is 3.57 Å². The van der Waals surface area contributed by atoms with Gasteiger partial charge >= 0.3 is 5.97 Å². The number of carboxylic acids is 1. The number of rotatable bonds is 6. The van der Waals surface area contributed by atoms with E-state index in [1.54, 1.807) is 0 Å². The van der Waals surface area contributed by atoms with Crippen molar-refractivity contribution in [1.82, 2.24) is 4.90 Å². The first-order valence-corrected chi connectivity index (χ1v) is 8.10. The van der Waals surface area contributed by atoms with Crippen molar-refractivity contribution in [2.45, 2.75) is 31.7 Å². The molecule has 1 unspecified atom stereocenters. The molecule has 0 saturated carbocycles. The first kappa shape index (κ1) is 15.6. The van der Waals surface area contributed by atoms with Gasteiger partial charge in [-0.1, -0.05) is 12.5 Å². The predicted molar refractivity (Wildman–Crippen MR) is 86.1 cm³/mol. The van der Waals surface area contributed by atoms with Crippen LogP contribution in [-0.2, 0) is 4.79 Å². The van der Waals surface area contributed by atoms with Crippen LogP contribution in [0.4, 0.5) is 0 Å². The van der Waals surface area contributed by atoms with Crippen molar-refractivity contribution in [3.8, 4) is 5.75 Å². The molecule has 1 atom stereocenters. The van der Waals surface area contributed by atoms with E-state index in [2.05, 4.69) is 27.5 Å². The minimum absolute atomic E-state index is 0.304. The van der Waals surface area contributed by atoms with E-state index in [4.69, 9.17) is 4.74 Å². The van der Waals surface area contributed by atoms with E-state index in [-0.39, 0.29) is 6.04 Å². The molecule has 1 heterocycles. The molecule has 1 aromatic rings. The SMILES string of the molecule is O=C(O)C1CCCCN1CCCOc1cccc(I)c1. The fourth-order valence-corrected chi connectivity index (χ4v) is 3.07. The molecule has 1 N–H and O–H groups in total. The van der Waals surface area contributed by atoms with Crippen LogP contribution in [0.25, 0.3) is 0 Å². The zero-order valence-corrected chi connectivity index (χ0v) is 13.6. The number of benzene rings is 1. The van der Waals surface area contributed by atoms with Gasteiger partial charge in [-0.15, -0.1) is 0 Å². The van der Waals surface area contributed by atoms with Gasteiger partial charge in [0.2, 0.25) is 0 Å². The molecular weight excluding hydrogens is 369 g/mol. The Morgan fingerprint density at radius 1 is 1.45 bits per heavy atom. The third-order valence-electron chi connectivity index (χ3n) is 3.55. The molecule has 0 aromatic heterocycles. The summed E-state index contributed by atoms with van der Waals surface area (Å²) in [5.41, 5.74) is 0. The van der Waals surface area contributed by atoms with E-state index in [1.807, 2.05) is 24.3 Å². The molecule has 1 fully saturated rings. The molecule has 4 nitrogen and oxygen atoms in total. The average Bonchev–Trinajstić information content (AvgIpc) is 2.44. The summed E-state index contributed by atoms with van der Waals surface area (Å²) >= 11 is 2.26. The minimum Gasteiger partial charge on any atom is -0.494 e. The molecule has 0 spiro atoms. The fourth-order valence-electron chi connectivity index (χ4n) is 2.55. The monoisotopic (exact) mass is 389 g/mol. The number of nitrogens with zero attached hydrogens (tertiary/aromatic N) is 1. The quantitative estimate of drug-likeness (QED) is 0.601. The summed E-state index contributed by atoms with van der Waals surface area (Å²) in [5.74, 6) is 0.188. The van der Waals surface area contributed by atoms with E-state index >= 15 is 0 Å². The highest BCUT2D eigenvalue weighted by Crippen LogP contribution is 2.18. The van der Waals surface area contributed by atoms with Gasteiger partial charge in [-0.05, 0) is 66.6 Å². The number of likely N-dealkylation sites (tertiary alicyclic amines) is 1. The summed E-state index contributed by atoms with van der Waals surface area (Å²) in [4.78, 5) is 13.3.